The maximum Gasteiger partial charge on any atom is 0.251 e. The van der Waals surface area contributed by atoms with Crippen LogP contribution in [0.25, 0.3) is 22.2 Å². The molecule has 0 aliphatic heterocycles. The van der Waals surface area contributed by atoms with Crippen LogP contribution in [0.4, 0.5) is 5.82 Å². The average Bonchev–Trinajstić information content (AvgIpc) is 2.86. The number of anilines is 1. The van der Waals surface area contributed by atoms with E-state index in [-0.39, 0.29) is 31.9 Å². The van der Waals surface area contributed by atoms with Crippen molar-refractivity contribution in [1.82, 2.24) is 25.3 Å². The van der Waals surface area contributed by atoms with Crippen LogP contribution in [-0.2, 0) is 6.61 Å². The fourth-order valence-corrected chi connectivity index (χ4v) is 3.63. The van der Waals surface area contributed by atoms with Crippen LogP contribution in [0, 0.1) is 0 Å². The lowest BCUT2D eigenvalue weighted by Crippen LogP contribution is -2.18. The molecule has 3 aromatic heterocycles. The first-order valence-electron chi connectivity index (χ1n) is 10.3. The monoisotopic (exact) mass is 462 g/mol. The average molecular weight is 463 g/mol. The van der Waals surface area contributed by atoms with Crippen LogP contribution < -0.4 is 10.6 Å². The van der Waals surface area contributed by atoms with Gasteiger partial charge in [0.05, 0.1) is 29.1 Å². The Morgan fingerprint density at radius 1 is 1.06 bits per heavy atom. The van der Waals surface area contributed by atoms with E-state index in [0.717, 1.165) is 27.7 Å². The van der Waals surface area contributed by atoms with Gasteiger partial charge in [0.25, 0.3) is 5.91 Å². The van der Waals surface area contributed by atoms with E-state index in [4.69, 9.17) is 0 Å². The Kier molecular flexibility index (Phi) is 7.92. The molecular formula is C24H26N6O2S. The highest BCUT2D eigenvalue weighted by Crippen LogP contribution is 2.27. The minimum atomic E-state index is -0.130. The van der Waals surface area contributed by atoms with Gasteiger partial charge in [-0.05, 0) is 23.8 Å². The van der Waals surface area contributed by atoms with Gasteiger partial charge in [-0.3, -0.25) is 14.8 Å². The Bertz CT molecular complexity index is 1270. The molecular weight excluding hydrogens is 436 g/mol. The van der Waals surface area contributed by atoms with Gasteiger partial charge in [-0.1, -0.05) is 25.1 Å². The van der Waals surface area contributed by atoms with Crippen molar-refractivity contribution < 1.29 is 9.90 Å². The van der Waals surface area contributed by atoms with Gasteiger partial charge in [0, 0.05) is 48.9 Å². The molecule has 33 heavy (non-hydrogen) atoms. The van der Waals surface area contributed by atoms with Crippen molar-refractivity contribution in [3.63, 3.8) is 0 Å². The SMILES string of the molecule is CNC(=O)c1ccnc2c([C@H](C)CNc3cc(-c4ccnc(CO)c4)ncn3)cccc12.S. The Hall–Kier alpha value is -3.56. The van der Waals surface area contributed by atoms with Crippen molar-refractivity contribution in [3.05, 3.63) is 78.0 Å². The second-order valence-corrected chi connectivity index (χ2v) is 7.45. The Balaban J connectivity index is 0.00000306. The van der Waals surface area contributed by atoms with E-state index in [2.05, 4.69) is 37.5 Å². The first kappa shape index (κ1) is 24.1. The van der Waals surface area contributed by atoms with Gasteiger partial charge in [-0.25, -0.2) is 9.97 Å². The van der Waals surface area contributed by atoms with Crippen LogP contribution in [0.15, 0.2) is 61.2 Å². The number of benzene rings is 1. The zero-order chi connectivity index (χ0) is 22.5. The number of fused-ring (bicyclic) bond motifs is 1. The van der Waals surface area contributed by atoms with Crippen molar-refractivity contribution >= 4 is 36.1 Å². The van der Waals surface area contributed by atoms with Gasteiger partial charge in [0.15, 0.2) is 0 Å². The van der Waals surface area contributed by atoms with E-state index in [1.165, 1.54) is 6.33 Å². The number of amides is 1. The van der Waals surface area contributed by atoms with Gasteiger partial charge in [0.1, 0.15) is 12.1 Å². The third kappa shape index (κ3) is 5.27. The summed E-state index contributed by atoms with van der Waals surface area (Å²) in [4.78, 5) is 29.5. The van der Waals surface area contributed by atoms with Crippen molar-refractivity contribution in [2.75, 3.05) is 18.9 Å². The Morgan fingerprint density at radius 2 is 1.88 bits per heavy atom. The number of carbonyl (C=O) groups excluding carboxylic acids is 1. The van der Waals surface area contributed by atoms with Crippen LogP contribution in [-0.4, -0.2) is 44.5 Å². The summed E-state index contributed by atoms with van der Waals surface area (Å²) in [6, 6.07) is 13.2. The molecule has 8 nitrogen and oxygen atoms in total. The molecule has 0 spiro atoms. The minimum absolute atomic E-state index is 0. The van der Waals surface area contributed by atoms with Crippen molar-refractivity contribution in [2.24, 2.45) is 0 Å². The van der Waals surface area contributed by atoms with E-state index in [1.807, 2.05) is 30.3 Å². The van der Waals surface area contributed by atoms with Gasteiger partial charge < -0.3 is 15.7 Å². The van der Waals surface area contributed by atoms with Crippen LogP contribution in [0.1, 0.15) is 34.5 Å². The molecule has 0 aliphatic rings. The summed E-state index contributed by atoms with van der Waals surface area (Å²) in [5.74, 6) is 0.684. The fourth-order valence-electron chi connectivity index (χ4n) is 3.63. The van der Waals surface area contributed by atoms with E-state index in [0.29, 0.717) is 23.6 Å². The number of aliphatic hydroxyl groups is 1. The highest BCUT2D eigenvalue weighted by molar-refractivity contribution is 7.59. The molecule has 0 saturated carbocycles. The molecule has 0 unspecified atom stereocenters. The van der Waals surface area contributed by atoms with E-state index in [1.54, 1.807) is 31.6 Å². The van der Waals surface area contributed by atoms with Crippen molar-refractivity contribution in [1.29, 1.82) is 0 Å². The maximum absolute atomic E-state index is 12.2. The summed E-state index contributed by atoms with van der Waals surface area (Å²) in [5, 5.41) is 16.2. The number of rotatable bonds is 7. The molecule has 0 aliphatic carbocycles. The van der Waals surface area contributed by atoms with E-state index < -0.39 is 0 Å². The molecule has 0 fully saturated rings. The molecule has 0 bridgehead atoms. The highest BCUT2D eigenvalue weighted by atomic mass is 32.1. The number of para-hydroxylation sites is 1. The zero-order valence-electron chi connectivity index (χ0n) is 18.4. The van der Waals surface area contributed by atoms with Gasteiger partial charge in [-0.15, -0.1) is 0 Å². The standard InChI is InChI=1S/C24H24N6O2.H2S/c1-15(18-4-3-5-19-20(24(32)25-2)7-9-27-23(18)19)12-28-22-11-21(29-14-30-22)16-6-8-26-17(10-16)13-31;/h3-11,14-15,31H,12-13H2,1-2H3,(H,25,32)(H,28,29,30);1H2/t15-;/m1./s1. The lowest BCUT2D eigenvalue weighted by atomic mass is 9.96. The predicted octanol–water partition coefficient (Wildman–Crippen LogP) is 3.27. The smallest absolute Gasteiger partial charge is 0.251 e. The second kappa shape index (κ2) is 10.8. The molecule has 4 rings (SSSR count). The second-order valence-electron chi connectivity index (χ2n) is 7.45. The molecule has 170 valence electrons. The molecule has 0 radical (unpaired) electrons. The third-order valence-electron chi connectivity index (χ3n) is 5.34. The number of hydrogen-bond acceptors (Lipinski definition) is 7. The minimum Gasteiger partial charge on any atom is -0.390 e. The molecule has 1 amide bonds. The zero-order valence-corrected chi connectivity index (χ0v) is 19.4. The number of carbonyl (C=O) groups is 1. The lowest BCUT2D eigenvalue weighted by molar-refractivity contribution is 0.0964. The van der Waals surface area contributed by atoms with Crippen LogP contribution in [0.3, 0.4) is 0 Å². The number of aliphatic hydroxyl groups excluding tert-OH is 1. The normalized spacial score (nSPS) is 11.5. The number of nitrogens with one attached hydrogen (secondary N) is 2. The number of nitrogens with zero attached hydrogens (tertiary/aromatic N) is 4. The van der Waals surface area contributed by atoms with Gasteiger partial charge in [-0.2, -0.15) is 13.5 Å². The highest BCUT2D eigenvalue weighted by Gasteiger charge is 2.15. The number of aromatic nitrogens is 4. The quantitative estimate of drug-likeness (QED) is 0.386. The predicted molar refractivity (Wildman–Crippen MR) is 134 cm³/mol. The van der Waals surface area contributed by atoms with E-state index in [9.17, 15) is 9.90 Å². The topological polar surface area (TPSA) is 113 Å². The van der Waals surface area contributed by atoms with Gasteiger partial charge >= 0.3 is 0 Å². The summed E-state index contributed by atoms with van der Waals surface area (Å²) < 4.78 is 0. The summed E-state index contributed by atoms with van der Waals surface area (Å²) in [6.07, 6.45) is 4.83. The molecule has 0 saturated heterocycles. The Morgan fingerprint density at radius 3 is 2.67 bits per heavy atom. The molecule has 1 aromatic carbocycles. The largest absolute Gasteiger partial charge is 0.390 e. The summed E-state index contributed by atoms with van der Waals surface area (Å²) >= 11 is 0. The van der Waals surface area contributed by atoms with E-state index >= 15 is 0 Å². The lowest BCUT2D eigenvalue weighted by Gasteiger charge is -2.16. The molecule has 4 aromatic rings. The first-order valence-corrected chi connectivity index (χ1v) is 10.3. The summed E-state index contributed by atoms with van der Waals surface area (Å²) in [7, 11) is 1.62. The van der Waals surface area contributed by atoms with Crippen LogP contribution in [0.5, 0.6) is 0 Å². The molecule has 3 N–H and O–H groups in total. The number of hydrogen-bond donors (Lipinski definition) is 3. The third-order valence-corrected chi connectivity index (χ3v) is 5.34. The Labute approximate surface area is 199 Å². The maximum atomic E-state index is 12.2. The molecule has 1 atom stereocenters. The number of pyridine rings is 2. The summed E-state index contributed by atoms with van der Waals surface area (Å²) in [5.41, 5.74) is 4.68. The van der Waals surface area contributed by atoms with Crippen LogP contribution in [0.2, 0.25) is 0 Å². The van der Waals surface area contributed by atoms with Crippen molar-refractivity contribution in [2.45, 2.75) is 19.4 Å². The van der Waals surface area contributed by atoms with Crippen LogP contribution >= 0.6 is 13.5 Å². The first-order chi connectivity index (χ1) is 15.6. The molecule has 9 heteroatoms. The summed E-state index contributed by atoms with van der Waals surface area (Å²) in [6.45, 7) is 2.61. The fraction of sp³-hybridized carbons (Fsp3) is 0.208. The van der Waals surface area contributed by atoms with Gasteiger partial charge in [0.2, 0.25) is 0 Å². The van der Waals surface area contributed by atoms with Crippen molar-refractivity contribution in [3.8, 4) is 11.3 Å². The molecule has 3 heterocycles.